The third kappa shape index (κ3) is 14.6. The van der Waals surface area contributed by atoms with Crippen LogP contribution in [0.1, 0.15) is 58.3 Å². The van der Waals surface area contributed by atoms with Crippen molar-refractivity contribution in [2.75, 3.05) is 0 Å². The molecule has 0 aliphatic carbocycles. The van der Waals surface area contributed by atoms with Gasteiger partial charge in [-0.3, -0.25) is 4.79 Å². The Morgan fingerprint density at radius 3 is 2.41 bits per heavy atom. The summed E-state index contributed by atoms with van der Waals surface area (Å²) in [6, 6.07) is 0. The molecule has 0 radical (unpaired) electrons. The molecule has 0 aliphatic rings. The first-order chi connectivity index (χ1) is 10.7. The summed E-state index contributed by atoms with van der Waals surface area (Å²) in [6.45, 7) is 2.10. The average Bonchev–Trinajstić information content (AvgIpc) is 2.50. The summed E-state index contributed by atoms with van der Waals surface area (Å²) in [5, 5.41) is 17.3. The molecule has 4 heteroatoms. The van der Waals surface area contributed by atoms with Crippen LogP contribution in [0.2, 0.25) is 0 Å². The number of carbonyl (C=O) groups is 1. The van der Waals surface area contributed by atoms with E-state index in [2.05, 4.69) is 30.0 Å². The first-order valence-corrected chi connectivity index (χ1v) is 7.88. The van der Waals surface area contributed by atoms with Crippen LogP contribution < -0.4 is 0 Å². The van der Waals surface area contributed by atoms with Crippen molar-refractivity contribution in [2.24, 2.45) is 0 Å². The maximum atomic E-state index is 10.3. The maximum Gasteiger partial charge on any atom is 0.303 e. The maximum absolute atomic E-state index is 10.3. The van der Waals surface area contributed by atoms with Crippen LogP contribution in [-0.4, -0.2) is 16.3 Å². The van der Waals surface area contributed by atoms with E-state index in [4.69, 9.17) is 10.4 Å². The van der Waals surface area contributed by atoms with E-state index in [9.17, 15) is 4.79 Å². The van der Waals surface area contributed by atoms with Crippen molar-refractivity contribution in [3.63, 3.8) is 0 Å². The van der Waals surface area contributed by atoms with Crippen molar-refractivity contribution < 1.29 is 20.0 Å². The van der Waals surface area contributed by atoms with Gasteiger partial charge in [0.25, 0.3) is 0 Å². The number of carboxylic acids is 1. The second-order valence-electron chi connectivity index (χ2n) is 4.90. The van der Waals surface area contributed by atoms with Crippen molar-refractivity contribution in [2.45, 2.75) is 58.3 Å². The number of hydrogen-bond donors (Lipinski definition) is 2. The number of carboxylic acid groups (broad SMARTS) is 1. The Labute approximate surface area is 133 Å². The number of allylic oxidation sites excluding steroid dienone is 7. The van der Waals surface area contributed by atoms with Gasteiger partial charge in [0.1, 0.15) is 5.76 Å². The summed E-state index contributed by atoms with van der Waals surface area (Å²) in [5.74, 6) is -0.225. The van der Waals surface area contributed by atoms with E-state index in [1.165, 1.54) is 0 Å². The van der Waals surface area contributed by atoms with Crippen molar-refractivity contribution in [3.8, 4) is 0 Å². The summed E-state index contributed by atoms with van der Waals surface area (Å²) in [6.07, 6.45) is 20.0. The summed E-state index contributed by atoms with van der Waals surface area (Å²) in [5.41, 5.74) is 0. The second kappa shape index (κ2) is 15.6. The van der Waals surface area contributed by atoms with E-state index in [1.807, 2.05) is 24.3 Å². The Balaban J connectivity index is 3.82. The molecule has 124 valence electrons. The van der Waals surface area contributed by atoms with Gasteiger partial charge in [-0.2, -0.15) is 0 Å². The highest BCUT2D eigenvalue weighted by Gasteiger charge is 1.95. The molecule has 2 N–H and O–H groups in total. The van der Waals surface area contributed by atoms with Crippen molar-refractivity contribution in [1.29, 1.82) is 0 Å². The third-order valence-corrected chi connectivity index (χ3v) is 2.94. The largest absolute Gasteiger partial charge is 0.481 e. The monoisotopic (exact) mass is 308 g/mol. The van der Waals surface area contributed by atoms with Gasteiger partial charge < -0.3 is 9.99 Å². The topological polar surface area (TPSA) is 66.8 Å². The van der Waals surface area contributed by atoms with Gasteiger partial charge in [0.2, 0.25) is 0 Å². The molecule has 0 saturated heterocycles. The molecule has 4 nitrogen and oxygen atoms in total. The van der Waals surface area contributed by atoms with E-state index >= 15 is 0 Å². The highest BCUT2D eigenvalue weighted by atomic mass is 17.1. The SMILES string of the molecule is CC/C=C\C/C=C\C/C=C(\C/C=C\CCCCC(=O)O)OO. The molecule has 0 saturated carbocycles. The Hall–Kier alpha value is -1.81. The van der Waals surface area contributed by atoms with E-state index in [-0.39, 0.29) is 6.42 Å². The molecule has 0 aromatic heterocycles. The normalized spacial score (nSPS) is 12.7. The van der Waals surface area contributed by atoms with Crippen molar-refractivity contribution in [1.82, 2.24) is 0 Å². The molecular formula is C18H28O4. The van der Waals surface area contributed by atoms with Gasteiger partial charge in [-0.25, -0.2) is 5.26 Å². The van der Waals surface area contributed by atoms with Crippen molar-refractivity contribution >= 4 is 5.97 Å². The Bertz CT molecular complexity index is 392. The zero-order chi connectivity index (χ0) is 16.5. The van der Waals surface area contributed by atoms with Crippen LogP contribution in [0.15, 0.2) is 48.3 Å². The molecule has 0 amide bonds. The summed E-state index contributed by atoms with van der Waals surface area (Å²) < 4.78 is 0. The highest BCUT2D eigenvalue weighted by molar-refractivity contribution is 5.66. The number of unbranched alkanes of at least 4 members (excludes halogenated alkanes) is 2. The lowest BCUT2D eigenvalue weighted by molar-refractivity contribution is -0.204. The fourth-order valence-corrected chi connectivity index (χ4v) is 1.75. The fraction of sp³-hybridized carbons (Fsp3) is 0.500. The minimum Gasteiger partial charge on any atom is -0.481 e. The smallest absolute Gasteiger partial charge is 0.303 e. The number of rotatable bonds is 13. The molecule has 0 aromatic rings. The predicted molar refractivity (Wildman–Crippen MR) is 89.5 cm³/mol. The zero-order valence-electron chi connectivity index (χ0n) is 13.4. The molecule has 0 unspecified atom stereocenters. The lowest BCUT2D eigenvalue weighted by Gasteiger charge is -1.99. The highest BCUT2D eigenvalue weighted by Crippen LogP contribution is 2.07. The first kappa shape index (κ1) is 20.2. The van der Waals surface area contributed by atoms with E-state index < -0.39 is 5.97 Å². The molecule has 0 rings (SSSR count). The van der Waals surface area contributed by atoms with Gasteiger partial charge in [-0.05, 0) is 44.6 Å². The number of aliphatic carboxylic acids is 1. The van der Waals surface area contributed by atoms with Crippen LogP contribution in [0.4, 0.5) is 0 Å². The minimum atomic E-state index is -0.749. The minimum absolute atomic E-state index is 0.221. The predicted octanol–water partition coefficient (Wildman–Crippen LogP) is 5.25. The van der Waals surface area contributed by atoms with Gasteiger partial charge in [0, 0.05) is 12.8 Å². The quantitative estimate of drug-likeness (QED) is 0.160. The van der Waals surface area contributed by atoms with Crippen LogP contribution in [0.5, 0.6) is 0 Å². The molecule has 0 atom stereocenters. The molecular weight excluding hydrogens is 280 g/mol. The van der Waals surface area contributed by atoms with Gasteiger partial charge >= 0.3 is 5.97 Å². The lowest BCUT2D eigenvalue weighted by Crippen LogP contribution is -1.92. The standard InChI is InChI=1S/C18H28O4/c1-2-3-4-5-6-8-11-14-17(22-21)15-12-9-7-10-13-16-18(19)20/h3-4,6,8-9,12,14,21H,2,5,7,10-11,13,15-16H2,1H3,(H,19,20)/b4-3-,8-6-,12-9-,17-14+. The van der Waals surface area contributed by atoms with Crippen molar-refractivity contribution in [3.05, 3.63) is 48.3 Å². The Morgan fingerprint density at radius 1 is 1.00 bits per heavy atom. The van der Waals surface area contributed by atoms with Crippen LogP contribution in [0, 0.1) is 0 Å². The van der Waals surface area contributed by atoms with Gasteiger partial charge in [-0.15, -0.1) is 0 Å². The Kier molecular flexibility index (Phi) is 14.3. The first-order valence-electron chi connectivity index (χ1n) is 7.88. The molecule has 0 bridgehead atoms. The number of hydrogen-bond acceptors (Lipinski definition) is 3. The molecule has 0 fully saturated rings. The van der Waals surface area contributed by atoms with E-state index in [0.29, 0.717) is 18.6 Å². The van der Waals surface area contributed by atoms with Crippen LogP contribution in [-0.2, 0) is 9.68 Å². The van der Waals surface area contributed by atoms with E-state index in [0.717, 1.165) is 32.1 Å². The lowest BCUT2D eigenvalue weighted by atomic mass is 10.1. The summed E-state index contributed by atoms with van der Waals surface area (Å²) >= 11 is 0. The molecule has 0 aromatic carbocycles. The fourth-order valence-electron chi connectivity index (χ4n) is 1.75. The summed E-state index contributed by atoms with van der Waals surface area (Å²) in [7, 11) is 0. The van der Waals surface area contributed by atoms with Gasteiger partial charge in [0.05, 0.1) is 0 Å². The molecule has 0 aliphatic heterocycles. The van der Waals surface area contributed by atoms with E-state index in [1.54, 1.807) is 0 Å². The van der Waals surface area contributed by atoms with Gasteiger partial charge in [-0.1, -0.05) is 43.4 Å². The molecule has 0 heterocycles. The third-order valence-electron chi connectivity index (χ3n) is 2.94. The zero-order valence-corrected chi connectivity index (χ0v) is 13.4. The van der Waals surface area contributed by atoms with Crippen LogP contribution >= 0.6 is 0 Å². The summed E-state index contributed by atoms with van der Waals surface area (Å²) in [4.78, 5) is 14.7. The average molecular weight is 308 g/mol. The van der Waals surface area contributed by atoms with Gasteiger partial charge in [0.15, 0.2) is 0 Å². The Morgan fingerprint density at radius 2 is 1.73 bits per heavy atom. The van der Waals surface area contributed by atoms with Crippen LogP contribution in [0.3, 0.4) is 0 Å². The second-order valence-corrected chi connectivity index (χ2v) is 4.90. The molecule has 0 spiro atoms. The molecule has 22 heavy (non-hydrogen) atoms. The van der Waals surface area contributed by atoms with Crippen LogP contribution in [0.25, 0.3) is 0 Å².